The van der Waals surface area contributed by atoms with Gasteiger partial charge < -0.3 is 10.6 Å². The van der Waals surface area contributed by atoms with Crippen LogP contribution in [0.1, 0.15) is 6.42 Å². The molecule has 0 saturated carbocycles. The number of aromatic nitrogens is 2. The zero-order valence-corrected chi connectivity index (χ0v) is 15.7. The molecule has 0 aliphatic carbocycles. The maximum absolute atomic E-state index is 12.9. The molecule has 1 saturated heterocycles. The van der Waals surface area contributed by atoms with Crippen molar-refractivity contribution in [1.29, 1.82) is 0 Å². The minimum absolute atomic E-state index is 0. The number of hydrogen-bond acceptors (Lipinski definition) is 6. The Hall–Kier alpha value is -1.74. The first kappa shape index (κ1) is 18.1. The van der Waals surface area contributed by atoms with Crippen LogP contribution in [0.2, 0.25) is 0 Å². The predicted molar refractivity (Wildman–Crippen MR) is 104 cm³/mol. The summed E-state index contributed by atoms with van der Waals surface area (Å²) in [6.45, 7) is 1.22. The summed E-state index contributed by atoms with van der Waals surface area (Å²) in [5, 5.41) is 4.53. The number of halogens is 1. The second-order valence-electron chi connectivity index (χ2n) is 5.87. The van der Waals surface area contributed by atoms with Crippen LogP contribution in [-0.2, 0) is 11.3 Å². The Morgan fingerprint density at radius 1 is 1.40 bits per heavy atom. The van der Waals surface area contributed by atoms with E-state index >= 15 is 0 Å². The fourth-order valence-electron chi connectivity index (χ4n) is 2.95. The summed E-state index contributed by atoms with van der Waals surface area (Å²) in [5.41, 5.74) is 6.58. The van der Waals surface area contributed by atoms with Crippen LogP contribution >= 0.6 is 35.1 Å². The average Bonchev–Trinajstić information content (AvgIpc) is 3.29. The Bertz CT molecular complexity index is 951. The molecule has 4 heterocycles. The van der Waals surface area contributed by atoms with Crippen molar-refractivity contribution in [3.05, 3.63) is 39.6 Å². The summed E-state index contributed by atoms with van der Waals surface area (Å²) < 4.78 is 1.40. The number of rotatable bonds is 3. The SMILES string of the molecule is Cl.N[C@@H]1CCN(C(=O)Cn2cnc3scc(-c4cccs4)c3c2=O)C1. The second kappa shape index (κ2) is 7.25. The third kappa shape index (κ3) is 3.35. The molecule has 1 amide bonds. The Balaban J connectivity index is 0.00000182. The number of nitrogens with two attached hydrogens (primary N) is 1. The monoisotopic (exact) mass is 396 g/mol. The van der Waals surface area contributed by atoms with E-state index in [9.17, 15) is 9.59 Å². The van der Waals surface area contributed by atoms with Crippen LogP contribution in [0.3, 0.4) is 0 Å². The molecular formula is C16H17ClN4O2S2. The minimum Gasteiger partial charge on any atom is -0.340 e. The molecule has 6 nitrogen and oxygen atoms in total. The smallest absolute Gasteiger partial charge is 0.263 e. The molecule has 0 aromatic carbocycles. The lowest BCUT2D eigenvalue weighted by atomic mass is 10.2. The molecule has 2 N–H and O–H groups in total. The molecular weight excluding hydrogens is 380 g/mol. The summed E-state index contributed by atoms with van der Waals surface area (Å²) in [5.74, 6) is -0.0842. The van der Waals surface area contributed by atoms with Gasteiger partial charge in [0, 0.05) is 35.0 Å². The first-order chi connectivity index (χ1) is 11.6. The molecule has 1 atom stereocenters. The van der Waals surface area contributed by atoms with Crippen LogP contribution < -0.4 is 11.3 Å². The molecule has 1 aliphatic rings. The van der Waals surface area contributed by atoms with E-state index in [1.807, 2.05) is 22.9 Å². The van der Waals surface area contributed by atoms with E-state index in [0.29, 0.717) is 23.3 Å². The van der Waals surface area contributed by atoms with Crippen LogP contribution in [0.5, 0.6) is 0 Å². The quantitative estimate of drug-likeness (QED) is 0.735. The lowest BCUT2D eigenvalue weighted by Crippen LogP contribution is -2.36. The fraction of sp³-hybridized carbons (Fsp3) is 0.312. The van der Waals surface area contributed by atoms with Crippen molar-refractivity contribution in [2.45, 2.75) is 19.0 Å². The van der Waals surface area contributed by atoms with Crippen LogP contribution in [0, 0.1) is 0 Å². The van der Waals surface area contributed by atoms with Gasteiger partial charge in [-0.2, -0.15) is 0 Å². The third-order valence-electron chi connectivity index (χ3n) is 4.23. The summed E-state index contributed by atoms with van der Waals surface area (Å²) in [7, 11) is 0. The van der Waals surface area contributed by atoms with Gasteiger partial charge in [-0.05, 0) is 17.9 Å². The van der Waals surface area contributed by atoms with Gasteiger partial charge in [-0.25, -0.2) is 4.98 Å². The molecule has 1 fully saturated rings. The number of carbonyl (C=O) groups is 1. The summed E-state index contributed by atoms with van der Waals surface area (Å²) in [6.07, 6.45) is 2.28. The van der Waals surface area contributed by atoms with E-state index in [0.717, 1.165) is 16.9 Å². The number of nitrogens with zero attached hydrogens (tertiary/aromatic N) is 3. The fourth-order valence-corrected chi connectivity index (χ4v) is 4.67. The number of likely N-dealkylation sites (tertiary alicyclic amines) is 1. The number of carbonyl (C=O) groups excluding carboxylic acids is 1. The molecule has 0 bridgehead atoms. The molecule has 9 heteroatoms. The van der Waals surface area contributed by atoms with Crippen molar-refractivity contribution in [1.82, 2.24) is 14.5 Å². The van der Waals surface area contributed by atoms with Crippen molar-refractivity contribution in [3.63, 3.8) is 0 Å². The lowest BCUT2D eigenvalue weighted by Gasteiger charge is -2.16. The van der Waals surface area contributed by atoms with Gasteiger partial charge in [-0.15, -0.1) is 35.1 Å². The maximum Gasteiger partial charge on any atom is 0.263 e. The summed E-state index contributed by atoms with van der Waals surface area (Å²) >= 11 is 3.04. The first-order valence-electron chi connectivity index (χ1n) is 7.67. The largest absolute Gasteiger partial charge is 0.340 e. The minimum atomic E-state index is -0.165. The van der Waals surface area contributed by atoms with Gasteiger partial charge in [0.1, 0.15) is 11.4 Å². The maximum atomic E-state index is 12.9. The van der Waals surface area contributed by atoms with Gasteiger partial charge in [0.15, 0.2) is 0 Å². The molecule has 132 valence electrons. The number of hydrogen-bond donors (Lipinski definition) is 1. The number of thiophene rings is 2. The zero-order chi connectivity index (χ0) is 16.7. The van der Waals surface area contributed by atoms with Crippen LogP contribution in [0.15, 0.2) is 34.0 Å². The van der Waals surface area contributed by atoms with Gasteiger partial charge in [0.2, 0.25) is 5.91 Å². The molecule has 0 spiro atoms. The van der Waals surface area contributed by atoms with E-state index in [-0.39, 0.29) is 36.5 Å². The molecule has 0 radical (unpaired) electrons. The highest BCUT2D eigenvalue weighted by Crippen LogP contribution is 2.33. The lowest BCUT2D eigenvalue weighted by molar-refractivity contribution is -0.130. The van der Waals surface area contributed by atoms with Gasteiger partial charge >= 0.3 is 0 Å². The van der Waals surface area contributed by atoms with Gasteiger partial charge in [0.05, 0.1) is 11.7 Å². The first-order valence-corrected chi connectivity index (χ1v) is 9.43. The van der Waals surface area contributed by atoms with Crippen molar-refractivity contribution in [2.75, 3.05) is 13.1 Å². The Labute approximate surface area is 158 Å². The number of fused-ring (bicyclic) bond motifs is 1. The van der Waals surface area contributed by atoms with E-state index in [2.05, 4.69) is 4.98 Å². The molecule has 1 aliphatic heterocycles. The Kier molecular flexibility index (Phi) is 5.24. The molecule has 4 rings (SSSR count). The average molecular weight is 397 g/mol. The van der Waals surface area contributed by atoms with Crippen LogP contribution in [0.25, 0.3) is 20.7 Å². The summed E-state index contributed by atoms with van der Waals surface area (Å²) in [6, 6.07) is 3.98. The topological polar surface area (TPSA) is 81.2 Å². The Morgan fingerprint density at radius 3 is 2.92 bits per heavy atom. The molecule has 3 aromatic heterocycles. The van der Waals surface area contributed by atoms with Gasteiger partial charge in [-0.3, -0.25) is 14.2 Å². The van der Waals surface area contributed by atoms with Crippen molar-refractivity contribution < 1.29 is 4.79 Å². The molecule has 25 heavy (non-hydrogen) atoms. The molecule has 3 aromatic rings. The highest BCUT2D eigenvalue weighted by atomic mass is 35.5. The van der Waals surface area contributed by atoms with Gasteiger partial charge in [-0.1, -0.05) is 6.07 Å². The normalized spacial score (nSPS) is 17.0. The van der Waals surface area contributed by atoms with E-state index < -0.39 is 0 Å². The van der Waals surface area contributed by atoms with E-state index in [1.165, 1.54) is 22.2 Å². The van der Waals surface area contributed by atoms with Crippen molar-refractivity contribution >= 4 is 51.2 Å². The van der Waals surface area contributed by atoms with Crippen LogP contribution in [0.4, 0.5) is 0 Å². The highest BCUT2D eigenvalue weighted by molar-refractivity contribution is 7.18. The second-order valence-corrected chi connectivity index (χ2v) is 7.68. The predicted octanol–water partition coefficient (Wildman–Crippen LogP) is 2.17. The van der Waals surface area contributed by atoms with E-state index in [4.69, 9.17) is 5.73 Å². The highest BCUT2D eigenvalue weighted by Gasteiger charge is 2.24. The van der Waals surface area contributed by atoms with E-state index in [1.54, 1.807) is 16.2 Å². The van der Waals surface area contributed by atoms with Crippen molar-refractivity contribution in [3.8, 4) is 10.4 Å². The molecule has 0 unspecified atom stereocenters. The third-order valence-corrected chi connectivity index (χ3v) is 6.02. The zero-order valence-electron chi connectivity index (χ0n) is 13.3. The standard InChI is InChI=1S/C16H16N4O2S2.ClH/c17-10-3-4-19(6-10)13(21)7-20-9-18-15-14(16(20)22)11(8-24-15)12-2-1-5-23-12;/h1-2,5,8-10H,3-4,6-7,17H2;1H/t10-;/m1./s1. The number of amides is 1. The van der Waals surface area contributed by atoms with Crippen molar-refractivity contribution in [2.24, 2.45) is 5.73 Å². The summed E-state index contributed by atoms with van der Waals surface area (Å²) in [4.78, 5) is 33.1. The van der Waals surface area contributed by atoms with Gasteiger partial charge in [0.25, 0.3) is 5.56 Å². The Morgan fingerprint density at radius 2 is 2.24 bits per heavy atom. The van der Waals surface area contributed by atoms with Crippen LogP contribution in [-0.4, -0.2) is 39.5 Å².